The van der Waals surface area contributed by atoms with Crippen LogP contribution in [-0.2, 0) is 14.8 Å². The first kappa shape index (κ1) is 11.9. The summed E-state index contributed by atoms with van der Waals surface area (Å²) in [5.74, 6) is 0. The molecule has 0 spiro atoms. The molecule has 3 rings (SSSR count). The number of ether oxygens (including phenoxy) is 1. The smallest absolute Gasteiger partial charge is 0.307 e. The molecule has 0 aliphatic carbocycles. The molecule has 0 amide bonds. The molecule has 0 aromatic carbocycles. The highest BCUT2D eigenvalue weighted by atomic mass is 79.9. The Morgan fingerprint density at radius 1 is 1.65 bits per heavy atom. The lowest BCUT2D eigenvalue weighted by molar-refractivity contribution is 0.258. The van der Waals surface area contributed by atoms with Gasteiger partial charge in [-0.2, -0.15) is 4.99 Å². The van der Waals surface area contributed by atoms with Crippen LogP contribution in [0.15, 0.2) is 19.1 Å². The Morgan fingerprint density at radius 2 is 2.41 bits per heavy atom. The summed E-state index contributed by atoms with van der Waals surface area (Å²) in [5, 5.41) is 2.17. The summed E-state index contributed by atoms with van der Waals surface area (Å²) in [7, 11) is -3.50. The minimum absolute atomic E-state index is 0.168. The summed E-state index contributed by atoms with van der Waals surface area (Å²) in [4.78, 5) is 4.49. The van der Waals surface area contributed by atoms with E-state index in [0.717, 1.165) is 0 Å². The van der Waals surface area contributed by atoms with E-state index in [-0.39, 0.29) is 17.0 Å². The topological polar surface area (TPSA) is 59.0 Å². The first-order chi connectivity index (χ1) is 8.04. The SMILES string of the molecule is O=S1(=O)c2csc(Br)c2N=C2OC(CBr)CN21. The van der Waals surface area contributed by atoms with Gasteiger partial charge in [0, 0.05) is 10.7 Å². The minimum atomic E-state index is -3.50. The predicted molar refractivity (Wildman–Crippen MR) is 71.7 cm³/mol. The maximum absolute atomic E-state index is 12.3. The number of rotatable bonds is 1. The molecular weight excluding hydrogens is 396 g/mol. The molecule has 1 aromatic heterocycles. The van der Waals surface area contributed by atoms with Crippen molar-refractivity contribution >= 4 is 64.9 Å². The quantitative estimate of drug-likeness (QED) is 0.678. The van der Waals surface area contributed by atoms with Crippen molar-refractivity contribution in [2.75, 3.05) is 11.9 Å². The number of aliphatic imine (C=N–C) groups is 1. The highest BCUT2D eigenvalue weighted by Gasteiger charge is 2.43. The first-order valence-corrected chi connectivity index (χ1v) is 8.88. The summed E-state index contributed by atoms with van der Waals surface area (Å²) in [6.45, 7) is 0.305. The fourth-order valence-electron chi connectivity index (χ4n) is 1.68. The van der Waals surface area contributed by atoms with Gasteiger partial charge in [-0.3, -0.25) is 0 Å². The molecular formula is C8H6Br2N2O3S2. The van der Waals surface area contributed by atoms with E-state index in [4.69, 9.17) is 4.74 Å². The van der Waals surface area contributed by atoms with E-state index in [9.17, 15) is 8.42 Å². The van der Waals surface area contributed by atoms with Gasteiger partial charge in [-0.05, 0) is 15.9 Å². The Balaban J connectivity index is 2.17. The monoisotopic (exact) mass is 400 g/mol. The second kappa shape index (κ2) is 3.94. The summed E-state index contributed by atoms with van der Waals surface area (Å²) in [5.41, 5.74) is 0.441. The normalized spacial score (nSPS) is 24.9. The molecule has 3 heterocycles. The van der Waals surface area contributed by atoms with Gasteiger partial charge in [-0.1, -0.05) is 15.9 Å². The minimum Gasteiger partial charge on any atom is -0.458 e. The molecule has 2 aliphatic rings. The Morgan fingerprint density at radius 3 is 3.12 bits per heavy atom. The second-order valence-electron chi connectivity index (χ2n) is 3.55. The van der Waals surface area contributed by atoms with Gasteiger partial charge in [0.25, 0.3) is 10.0 Å². The van der Waals surface area contributed by atoms with E-state index in [1.165, 1.54) is 15.6 Å². The Bertz CT molecular complexity index is 610. The van der Waals surface area contributed by atoms with Gasteiger partial charge in [0.15, 0.2) is 0 Å². The van der Waals surface area contributed by atoms with Gasteiger partial charge < -0.3 is 4.74 Å². The summed E-state index contributed by atoms with van der Waals surface area (Å²) < 4.78 is 32.0. The van der Waals surface area contributed by atoms with Gasteiger partial charge in [-0.15, -0.1) is 11.3 Å². The molecule has 5 nitrogen and oxygen atoms in total. The Kier molecular flexibility index (Phi) is 2.77. The lowest BCUT2D eigenvalue weighted by Crippen LogP contribution is -2.35. The number of hydrogen-bond donors (Lipinski definition) is 0. The predicted octanol–water partition coefficient (Wildman–Crippen LogP) is 2.30. The number of alkyl halides is 1. The average Bonchev–Trinajstić information content (AvgIpc) is 2.85. The third kappa shape index (κ3) is 1.66. The zero-order valence-electron chi connectivity index (χ0n) is 8.26. The lowest BCUT2D eigenvalue weighted by Gasteiger charge is -2.19. The summed E-state index contributed by atoms with van der Waals surface area (Å²) in [6.07, 6.45) is -0.185. The molecule has 92 valence electrons. The average molecular weight is 402 g/mol. The molecule has 2 aliphatic heterocycles. The van der Waals surface area contributed by atoms with E-state index in [1.807, 2.05) is 0 Å². The van der Waals surface area contributed by atoms with Crippen molar-refractivity contribution in [2.45, 2.75) is 11.0 Å². The van der Waals surface area contributed by atoms with Crippen LogP contribution in [-0.4, -0.2) is 36.7 Å². The molecule has 1 fully saturated rings. The maximum atomic E-state index is 12.3. The van der Waals surface area contributed by atoms with Crippen LogP contribution in [0.5, 0.6) is 0 Å². The molecule has 9 heteroatoms. The lowest BCUT2D eigenvalue weighted by atomic mass is 10.4. The highest BCUT2D eigenvalue weighted by Crippen LogP contribution is 2.44. The number of fused-ring (bicyclic) bond motifs is 2. The summed E-state index contributed by atoms with van der Waals surface area (Å²) >= 11 is 7.88. The second-order valence-corrected chi connectivity index (χ2v) is 8.22. The third-order valence-corrected chi connectivity index (χ3v) is 6.81. The largest absolute Gasteiger partial charge is 0.458 e. The number of sulfonamides is 1. The Labute approximate surface area is 119 Å². The van der Waals surface area contributed by atoms with Crippen molar-refractivity contribution in [2.24, 2.45) is 4.99 Å². The fraction of sp³-hybridized carbons (Fsp3) is 0.375. The van der Waals surface area contributed by atoms with Crippen LogP contribution in [0.3, 0.4) is 0 Å². The van der Waals surface area contributed by atoms with Crippen molar-refractivity contribution < 1.29 is 13.2 Å². The van der Waals surface area contributed by atoms with Crippen LogP contribution in [0.4, 0.5) is 5.69 Å². The van der Waals surface area contributed by atoms with E-state index >= 15 is 0 Å². The number of amidine groups is 1. The number of hydrogen-bond acceptors (Lipinski definition) is 5. The molecule has 0 saturated carbocycles. The van der Waals surface area contributed by atoms with Crippen LogP contribution in [0.2, 0.25) is 0 Å². The van der Waals surface area contributed by atoms with E-state index in [1.54, 1.807) is 5.38 Å². The fourth-order valence-corrected chi connectivity index (χ4v) is 5.30. The first-order valence-electron chi connectivity index (χ1n) is 4.65. The Hall–Kier alpha value is -0.120. The van der Waals surface area contributed by atoms with Gasteiger partial charge in [-0.25, -0.2) is 12.7 Å². The van der Waals surface area contributed by atoms with Crippen LogP contribution >= 0.6 is 43.2 Å². The molecule has 17 heavy (non-hydrogen) atoms. The molecule has 0 radical (unpaired) electrons. The van der Waals surface area contributed by atoms with Gasteiger partial charge in [0.05, 0.1) is 10.3 Å². The molecule has 1 atom stereocenters. The van der Waals surface area contributed by atoms with E-state index in [2.05, 4.69) is 36.9 Å². The van der Waals surface area contributed by atoms with Crippen LogP contribution < -0.4 is 0 Å². The number of thiophene rings is 1. The molecule has 0 bridgehead atoms. The van der Waals surface area contributed by atoms with Crippen LogP contribution in [0.1, 0.15) is 0 Å². The number of nitrogens with zero attached hydrogens (tertiary/aromatic N) is 2. The number of halogens is 2. The molecule has 1 saturated heterocycles. The highest BCUT2D eigenvalue weighted by molar-refractivity contribution is 9.11. The maximum Gasteiger partial charge on any atom is 0.307 e. The zero-order chi connectivity index (χ0) is 12.2. The van der Waals surface area contributed by atoms with E-state index in [0.29, 0.717) is 21.3 Å². The molecule has 0 N–H and O–H groups in total. The molecule has 1 aromatic rings. The van der Waals surface area contributed by atoms with Crippen molar-refractivity contribution in [3.05, 3.63) is 9.17 Å². The van der Waals surface area contributed by atoms with Crippen molar-refractivity contribution in [3.8, 4) is 0 Å². The van der Waals surface area contributed by atoms with Crippen molar-refractivity contribution in [1.82, 2.24) is 4.31 Å². The van der Waals surface area contributed by atoms with Gasteiger partial charge >= 0.3 is 6.02 Å². The van der Waals surface area contributed by atoms with Gasteiger partial charge in [0.2, 0.25) is 0 Å². The molecule has 1 unspecified atom stereocenters. The van der Waals surface area contributed by atoms with E-state index < -0.39 is 10.0 Å². The third-order valence-electron chi connectivity index (χ3n) is 2.49. The standard InChI is InChI=1S/C8H6Br2N2O3S2/c9-1-4-2-12-8(15-4)11-6-5(17(12,13)14)3-16-7(6)10/h3-4H,1-2H2. The van der Waals surface area contributed by atoms with Crippen LogP contribution in [0.25, 0.3) is 0 Å². The van der Waals surface area contributed by atoms with Crippen molar-refractivity contribution in [3.63, 3.8) is 0 Å². The van der Waals surface area contributed by atoms with Crippen LogP contribution in [0, 0.1) is 0 Å². The van der Waals surface area contributed by atoms with Gasteiger partial charge in [0.1, 0.15) is 16.7 Å². The zero-order valence-corrected chi connectivity index (χ0v) is 13.1. The van der Waals surface area contributed by atoms with Crippen molar-refractivity contribution in [1.29, 1.82) is 0 Å². The summed E-state index contributed by atoms with van der Waals surface area (Å²) in [6, 6.07) is 0.168.